The second-order valence-electron chi connectivity index (χ2n) is 8.41. The van der Waals surface area contributed by atoms with Crippen molar-refractivity contribution in [2.24, 2.45) is 11.1 Å². The van der Waals surface area contributed by atoms with Crippen molar-refractivity contribution in [2.75, 3.05) is 23.7 Å². The summed E-state index contributed by atoms with van der Waals surface area (Å²) >= 11 is 7.91. The number of pyridine rings is 1. The van der Waals surface area contributed by atoms with Crippen molar-refractivity contribution < 1.29 is 0 Å². The molecule has 0 unspecified atom stereocenters. The van der Waals surface area contributed by atoms with Crippen LogP contribution in [0, 0.1) is 5.41 Å². The number of hydrogen-bond acceptors (Lipinski definition) is 8. The summed E-state index contributed by atoms with van der Waals surface area (Å²) in [5.74, 6) is 1.19. The van der Waals surface area contributed by atoms with E-state index in [4.69, 9.17) is 23.1 Å². The third kappa shape index (κ3) is 3.05. The smallest absolute Gasteiger partial charge is 0.158 e. The summed E-state index contributed by atoms with van der Waals surface area (Å²) in [5, 5.41) is 5.62. The van der Waals surface area contributed by atoms with E-state index in [1.54, 1.807) is 12.4 Å². The molecular weight excluding hydrogens is 446 g/mol. The number of nitrogen functional groups attached to an aromatic ring is 1. The standard InChI is InChI=1S/C21H22ClN9S/c22-16-14(2-7-30-10-6-25-19(16)30)32-20-18(24)28-15(11-26-20)29-8-3-21(4-9-29)12-31-13(17(21)23)1-5-27-31/h1-2,5-7,10-11,17H,3-4,8-9,12,23H2,(H2,24,28)/t17-/m1/s1. The molecule has 2 aliphatic rings. The lowest BCUT2D eigenvalue weighted by Gasteiger charge is -2.41. The summed E-state index contributed by atoms with van der Waals surface area (Å²) in [6.07, 6.45) is 11.1. The zero-order valence-electron chi connectivity index (χ0n) is 17.2. The van der Waals surface area contributed by atoms with Gasteiger partial charge in [0.1, 0.15) is 10.8 Å². The van der Waals surface area contributed by atoms with Gasteiger partial charge in [-0.15, -0.1) is 0 Å². The maximum atomic E-state index is 6.60. The molecule has 32 heavy (non-hydrogen) atoms. The average molecular weight is 468 g/mol. The fraction of sp³-hybridized carbons (Fsp3) is 0.333. The van der Waals surface area contributed by atoms with E-state index in [2.05, 4.69) is 29.6 Å². The molecule has 0 amide bonds. The van der Waals surface area contributed by atoms with Gasteiger partial charge in [-0.3, -0.25) is 4.68 Å². The second-order valence-corrected chi connectivity index (χ2v) is 9.82. The minimum absolute atomic E-state index is 0.0271. The van der Waals surface area contributed by atoms with Gasteiger partial charge in [0.05, 0.1) is 23.0 Å². The van der Waals surface area contributed by atoms with Crippen molar-refractivity contribution in [1.29, 1.82) is 0 Å². The summed E-state index contributed by atoms with van der Waals surface area (Å²) in [7, 11) is 0. The Morgan fingerprint density at radius 3 is 2.75 bits per heavy atom. The summed E-state index contributed by atoms with van der Waals surface area (Å²) < 4.78 is 3.92. The zero-order valence-corrected chi connectivity index (χ0v) is 18.8. The normalized spacial score (nSPS) is 19.7. The van der Waals surface area contributed by atoms with Crippen LogP contribution in [0.3, 0.4) is 0 Å². The topological polar surface area (TPSA) is 116 Å². The highest BCUT2D eigenvalue weighted by molar-refractivity contribution is 7.99. The number of piperidine rings is 1. The van der Waals surface area contributed by atoms with Crippen LogP contribution in [0.1, 0.15) is 24.6 Å². The number of halogens is 1. The maximum absolute atomic E-state index is 6.60. The molecule has 4 aromatic heterocycles. The van der Waals surface area contributed by atoms with E-state index in [9.17, 15) is 0 Å². The highest BCUT2D eigenvalue weighted by atomic mass is 35.5. The number of hydrogen-bond donors (Lipinski definition) is 2. The molecule has 164 valence electrons. The Hall–Kier alpha value is -2.82. The molecule has 1 atom stereocenters. The van der Waals surface area contributed by atoms with Crippen molar-refractivity contribution in [3.63, 3.8) is 0 Å². The van der Waals surface area contributed by atoms with E-state index in [0.29, 0.717) is 21.5 Å². The fourth-order valence-electron chi connectivity index (χ4n) is 4.83. The molecule has 6 heterocycles. The van der Waals surface area contributed by atoms with Crippen molar-refractivity contribution in [3.8, 4) is 0 Å². The molecule has 11 heteroatoms. The van der Waals surface area contributed by atoms with Crippen molar-refractivity contribution >= 4 is 40.6 Å². The molecular formula is C21H22ClN9S. The molecule has 0 aliphatic carbocycles. The third-order valence-corrected chi connectivity index (χ3v) is 8.25. The first-order chi connectivity index (χ1) is 15.5. The Morgan fingerprint density at radius 1 is 1.12 bits per heavy atom. The molecule has 0 bridgehead atoms. The lowest BCUT2D eigenvalue weighted by molar-refractivity contribution is 0.170. The van der Waals surface area contributed by atoms with E-state index < -0.39 is 0 Å². The predicted octanol–water partition coefficient (Wildman–Crippen LogP) is 3.01. The second kappa shape index (κ2) is 7.36. The lowest BCUT2D eigenvalue weighted by atomic mass is 9.73. The SMILES string of the molecule is Nc1nc(N2CCC3(CC2)Cn2nccc2[C@H]3N)cnc1Sc1ccn2ccnc2c1Cl. The molecule has 4 N–H and O–H groups in total. The van der Waals surface area contributed by atoms with Crippen LogP contribution < -0.4 is 16.4 Å². The number of nitrogens with two attached hydrogens (primary N) is 2. The molecule has 1 spiro atoms. The van der Waals surface area contributed by atoms with Crippen LogP contribution in [-0.2, 0) is 6.54 Å². The van der Waals surface area contributed by atoms with Gasteiger partial charge in [-0.05, 0) is 25.0 Å². The largest absolute Gasteiger partial charge is 0.381 e. The third-order valence-electron chi connectivity index (χ3n) is 6.70. The van der Waals surface area contributed by atoms with Gasteiger partial charge in [-0.2, -0.15) is 5.10 Å². The van der Waals surface area contributed by atoms with Crippen LogP contribution in [0.5, 0.6) is 0 Å². The van der Waals surface area contributed by atoms with Crippen LogP contribution in [0.2, 0.25) is 5.02 Å². The average Bonchev–Trinajstić information content (AvgIpc) is 3.51. The van der Waals surface area contributed by atoms with Gasteiger partial charge in [0.25, 0.3) is 0 Å². The van der Waals surface area contributed by atoms with E-state index in [1.807, 2.05) is 35.1 Å². The molecule has 6 rings (SSSR count). The number of fused-ring (bicyclic) bond motifs is 2. The molecule has 1 fully saturated rings. The molecule has 2 aliphatic heterocycles. The number of nitrogens with zero attached hydrogens (tertiary/aromatic N) is 7. The fourth-order valence-corrected chi connectivity index (χ4v) is 5.93. The molecule has 0 radical (unpaired) electrons. The Morgan fingerprint density at radius 2 is 1.97 bits per heavy atom. The van der Waals surface area contributed by atoms with Gasteiger partial charge < -0.3 is 20.8 Å². The quantitative estimate of drug-likeness (QED) is 0.472. The molecule has 4 aromatic rings. The lowest BCUT2D eigenvalue weighted by Crippen LogP contribution is -2.45. The maximum Gasteiger partial charge on any atom is 0.158 e. The van der Waals surface area contributed by atoms with E-state index in [1.165, 1.54) is 11.8 Å². The number of imidazole rings is 1. The Balaban J connectivity index is 1.18. The number of aromatic nitrogens is 6. The van der Waals surface area contributed by atoms with Gasteiger partial charge >= 0.3 is 0 Å². The minimum atomic E-state index is 0.0271. The van der Waals surface area contributed by atoms with Crippen LogP contribution in [0.25, 0.3) is 5.65 Å². The Kier molecular flexibility index (Phi) is 4.56. The highest BCUT2D eigenvalue weighted by Crippen LogP contribution is 2.48. The van der Waals surface area contributed by atoms with Gasteiger partial charge in [0.2, 0.25) is 0 Å². The first kappa shape index (κ1) is 19.8. The minimum Gasteiger partial charge on any atom is -0.381 e. The Bertz CT molecular complexity index is 1310. The Labute approximate surface area is 193 Å². The zero-order chi connectivity index (χ0) is 21.9. The summed E-state index contributed by atoms with van der Waals surface area (Å²) in [4.78, 5) is 16.6. The monoisotopic (exact) mass is 467 g/mol. The van der Waals surface area contributed by atoms with Gasteiger partial charge in [-0.1, -0.05) is 23.4 Å². The van der Waals surface area contributed by atoms with E-state index in [0.717, 1.165) is 48.9 Å². The van der Waals surface area contributed by atoms with Crippen LogP contribution in [0.4, 0.5) is 11.6 Å². The molecule has 9 nitrogen and oxygen atoms in total. The first-order valence-electron chi connectivity index (χ1n) is 10.5. The number of anilines is 2. The van der Waals surface area contributed by atoms with Gasteiger partial charge in [-0.25, -0.2) is 15.0 Å². The van der Waals surface area contributed by atoms with Crippen molar-refractivity contribution in [1.82, 2.24) is 29.1 Å². The first-order valence-corrected chi connectivity index (χ1v) is 11.7. The van der Waals surface area contributed by atoms with Crippen molar-refractivity contribution in [2.45, 2.75) is 35.3 Å². The summed E-state index contributed by atoms with van der Waals surface area (Å²) in [6, 6.07) is 3.99. The molecule has 1 saturated heterocycles. The van der Waals surface area contributed by atoms with Gasteiger partial charge in [0, 0.05) is 54.7 Å². The molecule has 0 saturated carbocycles. The van der Waals surface area contributed by atoms with Crippen LogP contribution in [-0.4, -0.2) is 42.2 Å². The predicted molar refractivity (Wildman–Crippen MR) is 124 cm³/mol. The van der Waals surface area contributed by atoms with Crippen LogP contribution >= 0.6 is 23.4 Å². The van der Waals surface area contributed by atoms with Crippen molar-refractivity contribution in [3.05, 3.63) is 53.8 Å². The highest BCUT2D eigenvalue weighted by Gasteiger charge is 2.47. The van der Waals surface area contributed by atoms with E-state index in [-0.39, 0.29) is 11.5 Å². The number of rotatable bonds is 3. The van der Waals surface area contributed by atoms with Crippen LogP contribution in [0.15, 0.2) is 53.0 Å². The summed E-state index contributed by atoms with van der Waals surface area (Å²) in [5.41, 5.74) is 14.8. The van der Waals surface area contributed by atoms with E-state index >= 15 is 0 Å². The molecule has 0 aromatic carbocycles. The van der Waals surface area contributed by atoms with Gasteiger partial charge in [0.15, 0.2) is 11.5 Å². The summed E-state index contributed by atoms with van der Waals surface area (Å²) in [6.45, 7) is 2.61.